The third-order valence-corrected chi connectivity index (χ3v) is 5.94. The lowest BCUT2D eigenvalue weighted by molar-refractivity contribution is -0.116. The molecular formula is C21H19N5OS. The van der Waals surface area contributed by atoms with E-state index in [0.717, 1.165) is 35.6 Å². The minimum Gasteiger partial charge on any atom is -0.328 e. The number of rotatable bonds is 4. The van der Waals surface area contributed by atoms with Gasteiger partial charge in [0.2, 0.25) is 11.1 Å². The molecule has 0 saturated carbocycles. The molecule has 2 aliphatic rings. The van der Waals surface area contributed by atoms with E-state index >= 15 is 0 Å². The first kappa shape index (κ1) is 17.2. The van der Waals surface area contributed by atoms with E-state index in [2.05, 4.69) is 27.4 Å². The molecule has 2 aromatic heterocycles. The topological polar surface area (TPSA) is 72.7 Å². The maximum Gasteiger partial charge on any atom is 0.227 e. The molecule has 6 nitrogen and oxygen atoms in total. The summed E-state index contributed by atoms with van der Waals surface area (Å²) >= 11 is 1.59. The van der Waals surface area contributed by atoms with Crippen molar-refractivity contribution >= 4 is 23.5 Å². The van der Waals surface area contributed by atoms with Crippen molar-refractivity contribution in [2.24, 2.45) is 0 Å². The van der Waals surface area contributed by atoms with E-state index in [9.17, 15) is 4.79 Å². The second-order valence-corrected chi connectivity index (χ2v) is 7.83. The summed E-state index contributed by atoms with van der Waals surface area (Å²) in [6, 6.07) is 15.7. The second kappa shape index (κ2) is 7.24. The first-order valence-corrected chi connectivity index (χ1v) is 10.4. The number of Topliss-reactive ketones (excluding diaryl/α,β-unsaturated/α-hetero) is 1. The smallest absolute Gasteiger partial charge is 0.227 e. The Morgan fingerprint density at radius 3 is 2.79 bits per heavy atom. The average Bonchev–Trinajstić information content (AvgIpc) is 3.15. The molecule has 0 bridgehead atoms. The summed E-state index contributed by atoms with van der Waals surface area (Å²) < 4.78 is 1.82. The Kier molecular flexibility index (Phi) is 4.44. The fraction of sp³-hybridized carbons (Fsp3) is 0.238. The van der Waals surface area contributed by atoms with Gasteiger partial charge in [0.05, 0.1) is 5.69 Å². The molecule has 0 radical (unpaired) electrons. The number of ketones is 1. The van der Waals surface area contributed by atoms with Gasteiger partial charge in [-0.3, -0.25) is 9.78 Å². The summed E-state index contributed by atoms with van der Waals surface area (Å²) in [7, 11) is 0. The molecule has 0 amide bonds. The maximum atomic E-state index is 12.7. The van der Waals surface area contributed by atoms with Crippen molar-refractivity contribution in [3.63, 3.8) is 0 Å². The highest BCUT2D eigenvalue weighted by molar-refractivity contribution is 7.98. The van der Waals surface area contributed by atoms with E-state index in [0.29, 0.717) is 17.5 Å². The third kappa shape index (κ3) is 3.11. The summed E-state index contributed by atoms with van der Waals surface area (Å²) in [6.45, 7) is 0. The minimum atomic E-state index is -0.321. The Morgan fingerprint density at radius 1 is 1.11 bits per heavy atom. The summed E-state index contributed by atoms with van der Waals surface area (Å²) in [5.41, 5.74) is 3.79. The largest absolute Gasteiger partial charge is 0.328 e. The number of hydrogen-bond acceptors (Lipinski definition) is 6. The molecule has 140 valence electrons. The van der Waals surface area contributed by atoms with Crippen LogP contribution in [0.4, 0.5) is 5.95 Å². The molecule has 1 aliphatic carbocycles. The number of thioether (sulfide) groups is 1. The fourth-order valence-electron chi connectivity index (χ4n) is 3.73. The van der Waals surface area contributed by atoms with Crippen LogP contribution in [0.15, 0.2) is 71.2 Å². The number of pyridine rings is 1. The molecule has 5 rings (SSSR count). The molecule has 1 N–H and O–H groups in total. The lowest BCUT2D eigenvalue weighted by Crippen LogP contribution is -2.32. The van der Waals surface area contributed by atoms with Gasteiger partial charge in [0, 0.05) is 29.6 Å². The molecule has 1 aliphatic heterocycles. The number of benzene rings is 1. The molecule has 7 heteroatoms. The molecule has 3 aromatic rings. The Labute approximate surface area is 167 Å². The number of hydrogen-bond donors (Lipinski definition) is 1. The number of carbonyl (C=O) groups is 1. The zero-order chi connectivity index (χ0) is 18.9. The molecule has 1 aromatic carbocycles. The van der Waals surface area contributed by atoms with E-state index in [1.165, 1.54) is 5.56 Å². The molecule has 1 unspecified atom stereocenters. The van der Waals surface area contributed by atoms with Crippen LogP contribution in [0, 0.1) is 0 Å². The van der Waals surface area contributed by atoms with Crippen molar-refractivity contribution in [2.75, 3.05) is 5.32 Å². The highest BCUT2D eigenvalue weighted by Crippen LogP contribution is 2.40. The highest BCUT2D eigenvalue weighted by atomic mass is 32.2. The lowest BCUT2D eigenvalue weighted by Gasteiger charge is -2.31. The van der Waals surface area contributed by atoms with Crippen LogP contribution >= 0.6 is 11.8 Å². The van der Waals surface area contributed by atoms with Crippen molar-refractivity contribution in [3.05, 3.63) is 77.3 Å². The quantitative estimate of drug-likeness (QED) is 0.680. The Balaban J connectivity index is 1.51. The summed E-state index contributed by atoms with van der Waals surface area (Å²) in [6.07, 6.45) is 4.04. The Morgan fingerprint density at radius 2 is 1.96 bits per heavy atom. The number of aromatic nitrogens is 4. The van der Waals surface area contributed by atoms with Gasteiger partial charge in [-0.15, -0.1) is 5.10 Å². The van der Waals surface area contributed by atoms with E-state index in [1.54, 1.807) is 18.0 Å². The van der Waals surface area contributed by atoms with E-state index in [-0.39, 0.29) is 11.8 Å². The molecular weight excluding hydrogens is 370 g/mol. The molecule has 1 atom stereocenters. The highest BCUT2D eigenvalue weighted by Gasteiger charge is 2.37. The molecule has 0 spiro atoms. The van der Waals surface area contributed by atoms with Crippen molar-refractivity contribution in [1.29, 1.82) is 0 Å². The first-order chi connectivity index (χ1) is 13.8. The lowest BCUT2D eigenvalue weighted by atomic mass is 9.87. The van der Waals surface area contributed by atoms with Crippen LogP contribution in [0.5, 0.6) is 0 Å². The number of fused-ring (bicyclic) bond motifs is 1. The van der Waals surface area contributed by atoms with Crippen molar-refractivity contribution < 1.29 is 4.79 Å². The van der Waals surface area contributed by atoms with E-state index in [1.807, 2.05) is 41.1 Å². The Bertz CT molecular complexity index is 1050. The minimum absolute atomic E-state index is 0.170. The first-order valence-electron chi connectivity index (χ1n) is 9.37. The van der Waals surface area contributed by atoms with Gasteiger partial charge in [-0.1, -0.05) is 48.2 Å². The zero-order valence-electron chi connectivity index (χ0n) is 15.2. The molecule has 0 saturated heterocycles. The second-order valence-electron chi connectivity index (χ2n) is 6.89. The number of nitrogens with one attached hydrogen (secondary N) is 1. The van der Waals surface area contributed by atoms with E-state index in [4.69, 9.17) is 5.10 Å². The standard InChI is InChI=1S/C21H19N5OS/c27-17-11-6-10-15-18(17)19(16-9-4-5-12-22-16)26-20(23-15)24-21(25-26)28-13-14-7-2-1-3-8-14/h1-5,7-9,12,19H,6,10-11,13H2,(H,23,24,25). The van der Waals surface area contributed by atoms with Crippen LogP contribution in [0.25, 0.3) is 0 Å². The van der Waals surface area contributed by atoms with Crippen molar-refractivity contribution in [2.45, 2.75) is 36.2 Å². The maximum absolute atomic E-state index is 12.7. The number of carbonyl (C=O) groups excluding carboxylic acids is 1. The molecule has 0 fully saturated rings. The van der Waals surface area contributed by atoms with Gasteiger partial charge in [0.1, 0.15) is 6.04 Å². The van der Waals surface area contributed by atoms with Crippen molar-refractivity contribution in [3.8, 4) is 0 Å². The van der Waals surface area contributed by atoms with Crippen LogP contribution in [0.1, 0.15) is 36.6 Å². The van der Waals surface area contributed by atoms with Gasteiger partial charge < -0.3 is 5.32 Å². The van der Waals surface area contributed by atoms with E-state index < -0.39 is 0 Å². The van der Waals surface area contributed by atoms with Crippen LogP contribution < -0.4 is 5.32 Å². The van der Waals surface area contributed by atoms with Gasteiger partial charge in [0.25, 0.3) is 0 Å². The fourth-order valence-corrected chi connectivity index (χ4v) is 4.52. The number of anilines is 1. The summed E-state index contributed by atoms with van der Waals surface area (Å²) in [4.78, 5) is 22.0. The third-order valence-electron chi connectivity index (χ3n) is 5.03. The Hall–Kier alpha value is -2.93. The van der Waals surface area contributed by atoms with Gasteiger partial charge in [-0.25, -0.2) is 4.68 Å². The molecule has 28 heavy (non-hydrogen) atoms. The number of nitrogens with zero attached hydrogens (tertiary/aromatic N) is 4. The normalized spacial score (nSPS) is 18.4. The monoisotopic (exact) mass is 389 g/mol. The summed E-state index contributed by atoms with van der Waals surface area (Å²) in [5, 5.41) is 8.78. The average molecular weight is 389 g/mol. The van der Waals surface area contributed by atoms with Gasteiger partial charge in [-0.2, -0.15) is 4.98 Å². The van der Waals surface area contributed by atoms with Gasteiger partial charge in [-0.05, 0) is 30.5 Å². The number of allylic oxidation sites excluding steroid dienone is 2. The summed E-state index contributed by atoms with van der Waals surface area (Å²) in [5.74, 6) is 1.65. The zero-order valence-corrected chi connectivity index (χ0v) is 16.0. The van der Waals surface area contributed by atoms with Crippen LogP contribution in [0.2, 0.25) is 0 Å². The van der Waals surface area contributed by atoms with Crippen molar-refractivity contribution in [1.82, 2.24) is 19.7 Å². The van der Waals surface area contributed by atoms with Crippen LogP contribution in [-0.2, 0) is 10.5 Å². The predicted molar refractivity (Wildman–Crippen MR) is 108 cm³/mol. The van der Waals surface area contributed by atoms with Gasteiger partial charge in [0.15, 0.2) is 5.78 Å². The van der Waals surface area contributed by atoms with Gasteiger partial charge >= 0.3 is 0 Å². The molecule has 3 heterocycles. The SMILES string of the molecule is O=C1CCCC2=C1C(c1ccccn1)n1nc(SCc3ccccc3)nc1N2. The predicted octanol–water partition coefficient (Wildman–Crippen LogP) is 3.99. The van der Waals surface area contributed by atoms with Crippen LogP contribution in [-0.4, -0.2) is 25.5 Å². The van der Waals surface area contributed by atoms with Crippen LogP contribution in [0.3, 0.4) is 0 Å².